The standard InChI is InChI=1S/C18H22N2O2S/c1-3-4-10-18(16-8-6-5-7-9-16)19-20-23(21,22)17-13-11-15(2)12-14-17/h5-9,11-14,18H,3-4,10H2,1-2H3. The summed E-state index contributed by atoms with van der Waals surface area (Å²) >= 11 is 0. The fourth-order valence-electron chi connectivity index (χ4n) is 2.24. The van der Waals surface area contributed by atoms with Crippen LogP contribution in [0.4, 0.5) is 0 Å². The van der Waals surface area contributed by atoms with Gasteiger partial charge in [-0.1, -0.05) is 72.3 Å². The molecule has 1 unspecified atom stereocenters. The Morgan fingerprint density at radius 1 is 1.00 bits per heavy atom. The van der Waals surface area contributed by atoms with Gasteiger partial charge in [-0.2, -0.15) is 13.5 Å². The van der Waals surface area contributed by atoms with E-state index in [0.29, 0.717) is 0 Å². The number of sulfonamides is 1. The quantitative estimate of drug-likeness (QED) is 0.666. The summed E-state index contributed by atoms with van der Waals surface area (Å²) < 4.78 is 28.3. The summed E-state index contributed by atoms with van der Waals surface area (Å²) in [6, 6.07) is 16.1. The topological polar surface area (TPSA) is 58.9 Å². The Morgan fingerprint density at radius 2 is 1.65 bits per heavy atom. The molecule has 0 aliphatic heterocycles. The average Bonchev–Trinajstić information content (AvgIpc) is 2.56. The SMILES string of the molecule is CCCCC(N=NS(=O)(=O)c1ccc(C)cc1)c1ccccc1. The van der Waals surface area contributed by atoms with Crippen LogP contribution < -0.4 is 0 Å². The molecule has 0 spiro atoms. The summed E-state index contributed by atoms with van der Waals surface area (Å²) in [6.45, 7) is 4.01. The molecule has 0 N–H and O–H groups in total. The van der Waals surface area contributed by atoms with Gasteiger partial charge in [0.15, 0.2) is 0 Å². The van der Waals surface area contributed by atoms with Crippen molar-refractivity contribution in [2.45, 2.75) is 44.0 Å². The van der Waals surface area contributed by atoms with E-state index in [1.807, 2.05) is 37.3 Å². The molecular formula is C18H22N2O2S. The zero-order valence-corrected chi connectivity index (χ0v) is 14.3. The van der Waals surface area contributed by atoms with Crippen molar-refractivity contribution in [3.05, 3.63) is 65.7 Å². The first-order valence-corrected chi connectivity index (χ1v) is 9.25. The fraction of sp³-hybridized carbons (Fsp3) is 0.333. The van der Waals surface area contributed by atoms with Gasteiger partial charge in [0.05, 0.1) is 10.9 Å². The average molecular weight is 330 g/mol. The molecule has 0 radical (unpaired) electrons. The number of nitrogens with zero attached hydrogens (tertiary/aromatic N) is 2. The molecule has 1 atom stereocenters. The van der Waals surface area contributed by atoms with Crippen LogP contribution in [-0.4, -0.2) is 8.42 Å². The van der Waals surface area contributed by atoms with E-state index >= 15 is 0 Å². The lowest BCUT2D eigenvalue weighted by molar-refractivity contribution is 0.570. The van der Waals surface area contributed by atoms with Gasteiger partial charge in [0.1, 0.15) is 0 Å². The van der Waals surface area contributed by atoms with Crippen LogP contribution in [0, 0.1) is 6.92 Å². The van der Waals surface area contributed by atoms with Gasteiger partial charge >= 0.3 is 0 Å². The van der Waals surface area contributed by atoms with Crippen molar-refractivity contribution in [2.24, 2.45) is 9.63 Å². The number of aryl methyl sites for hydroxylation is 1. The van der Waals surface area contributed by atoms with E-state index in [0.717, 1.165) is 30.4 Å². The minimum atomic E-state index is -3.75. The monoisotopic (exact) mass is 330 g/mol. The summed E-state index contributed by atoms with van der Waals surface area (Å²) in [5.41, 5.74) is 2.00. The van der Waals surface area contributed by atoms with Crippen LogP contribution in [0.25, 0.3) is 0 Å². The highest BCUT2D eigenvalue weighted by Gasteiger charge is 2.15. The summed E-state index contributed by atoms with van der Waals surface area (Å²) in [7, 11) is -3.75. The number of unbranched alkanes of at least 4 members (excludes halogenated alkanes) is 1. The molecule has 2 aromatic carbocycles. The number of benzene rings is 2. The van der Waals surface area contributed by atoms with Crippen molar-refractivity contribution < 1.29 is 8.42 Å². The second kappa shape index (κ2) is 8.02. The summed E-state index contributed by atoms with van der Waals surface area (Å²) in [5, 5.41) is 4.14. The van der Waals surface area contributed by atoms with Crippen molar-refractivity contribution >= 4 is 10.0 Å². The van der Waals surface area contributed by atoms with Gasteiger partial charge in [0, 0.05) is 0 Å². The van der Waals surface area contributed by atoms with Crippen molar-refractivity contribution in [1.82, 2.24) is 0 Å². The predicted octanol–water partition coefficient (Wildman–Crippen LogP) is 5.07. The lowest BCUT2D eigenvalue weighted by Crippen LogP contribution is -1.99. The Hall–Kier alpha value is -2.01. The minimum Gasteiger partial charge on any atom is -0.198 e. The van der Waals surface area contributed by atoms with E-state index in [9.17, 15) is 8.42 Å². The third kappa shape index (κ3) is 4.99. The lowest BCUT2D eigenvalue weighted by Gasteiger charge is -2.10. The molecule has 0 amide bonds. The highest BCUT2D eigenvalue weighted by molar-refractivity contribution is 7.90. The number of hydrogen-bond acceptors (Lipinski definition) is 3. The Morgan fingerprint density at radius 3 is 2.26 bits per heavy atom. The first-order chi connectivity index (χ1) is 11.0. The molecule has 5 heteroatoms. The van der Waals surface area contributed by atoms with Crippen molar-refractivity contribution in [1.29, 1.82) is 0 Å². The lowest BCUT2D eigenvalue weighted by atomic mass is 10.0. The van der Waals surface area contributed by atoms with E-state index in [1.165, 1.54) is 0 Å². The van der Waals surface area contributed by atoms with Gasteiger partial charge in [-0.05, 0) is 31.0 Å². The molecule has 0 fully saturated rings. The second-order valence-electron chi connectivity index (χ2n) is 5.55. The van der Waals surface area contributed by atoms with Gasteiger partial charge < -0.3 is 0 Å². The Balaban J connectivity index is 2.24. The van der Waals surface area contributed by atoms with E-state index in [2.05, 4.69) is 16.6 Å². The molecule has 2 rings (SSSR count). The Kier molecular flexibility index (Phi) is 6.04. The first kappa shape index (κ1) is 17.3. The van der Waals surface area contributed by atoms with E-state index in [4.69, 9.17) is 0 Å². The fourth-order valence-corrected chi connectivity index (χ4v) is 3.05. The van der Waals surface area contributed by atoms with E-state index < -0.39 is 10.0 Å². The largest absolute Gasteiger partial charge is 0.299 e. The minimum absolute atomic E-state index is 0.175. The molecule has 0 heterocycles. The summed E-state index contributed by atoms with van der Waals surface area (Å²) in [5.74, 6) is 0. The molecule has 122 valence electrons. The smallest absolute Gasteiger partial charge is 0.198 e. The highest BCUT2D eigenvalue weighted by atomic mass is 32.2. The van der Waals surface area contributed by atoms with Gasteiger partial charge in [-0.3, -0.25) is 0 Å². The number of hydrogen-bond donors (Lipinski definition) is 0. The van der Waals surface area contributed by atoms with Gasteiger partial charge in [0.2, 0.25) is 0 Å². The third-order valence-corrected chi connectivity index (χ3v) is 4.81. The summed E-state index contributed by atoms with van der Waals surface area (Å²) in [6.07, 6.45) is 2.79. The highest BCUT2D eigenvalue weighted by Crippen LogP contribution is 2.25. The maximum absolute atomic E-state index is 12.3. The van der Waals surface area contributed by atoms with Crippen molar-refractivity contribution in [3.8, 4) is 0 Å². The zero-order valence-electron chi connectivity index (χ0n) is 13.5. The predicted molar refractivity (Wildman–Crippen MR) is 91.9 cm³/mol. The van der Waals surface area contributed by atoms with Crippen LogP contribution in [-0.2, 0) is 10.0 Å². The zero-order chi connectivity index (χ0) is 16.7. The van der Waals surface area contributed by atoms with Crippen LogP contribution in [0.2, 0.25) is 0 Å². The molecule has 0 aromatic heterocycles. The summed E-state index contributed by atoms with van der Waals surface area (Å²) in [4.78, 5) is 0.175. The van der Waals surface area contributed by atoms with Gasteiger partial charge in [-0.25, -0.2) is 0 Å². The van der Waals surface area contributed by atoms with Gasteiger partial charge in [0.25, 0.3) is 10.0 Å². The molecule has 0 bridgehead atoms. The van der Waals surface area contributed by atoms with Crippen LogP contribution in [0.1, 0.15) is 43.4 Å². The van der Waals surface area contributed by atoms with E-state index in [-0.39, 0.29) is 10.9 Å². The number of rotatable bonds is 7. The van der Waals surface area contributed by atoms with Crippen molar-refractivity contribution in [2.75, 3.05) is 0 Å². The Labute approximate surface area is 138 Å². The normalized spacial score (nSPS) is 13.3. The van der Waals surface area contributed by atoms with E-state index in [1.54, 1.807) is 24.3 Å². The molecule has 4 nitrogen and oxygen atoms in total. The molecule has 0 saturated carbocycles. The second-order valence-corrected chi connectivity index (χ2v) is 7.14. The van der Waals surface area contributed by atoms with Crippen LogP contribution in [0.5, 0.6) is 0 Å². The molecule has 0 saturated heterocycles. The molecule has 0 aliphatic carbocycles. The van der Waals surface area contributed by atoms with Crippen LogP contribution >= 0.6 is 0 Å². The maximum Gasteiger partial charge on any atom is 0.299 e. The van der Waals surface area contributed by atoms with Crippen molar-refractivity contribution in [3.63, 3.8) is 0 Å². The molecule has 0 aliphatic rings. The third-order valence-electron chi connectivity index (χ3n) is 3.63. The van der Waals surface area contributed by atoms with Crippen LogP contribution in [0.3, 0.4) is 0 Å². The molecular weight excluding hydrogens is 308 g/mol. The maximum atomic E-state index is 12.3. The Bertz CT molecular complexity index is 738. The molecule has 23 heavy (non-hydrogen) atoms. The van der Waals surface area contributed by atoms with Gasteiger partial charge in [-0.15, -0.1) is 0 Å². The molecule has 2 aromatic rings. The first-order valence-electron chi connectivity index (χ1n) is 7.81. The van der Waals surface area contributed by atoms with Crippen LogP contribution in [0.15, 0.2) is 69.1 Å².